The Morgan fingerprint density at radius 2 is 2.20 bits per heavy atom. The van der Waals surface area contributed by atoms with Crippen LogP contribution < -0.4 is 5.32 Å². The van der Waals surface area contributed by atoms with Gasteiger partial charge in [-0.2, -0.15) is 4.98 Å². The normalized spacial score (nSPS) is 16.4. The smallest absolute Gasteiger partial charge is 0.227 e. The molecule has 1 N–H and O–H groups in total. The minimum atomic E-state index is 0.0255. The van der Waals surface area contributed by atoms with E-state index in [4.69, 9.17) is 4.52 Å². The molecule has 2 aromatic heterocycles. The molecule has 1 atom stereocenters. The number of rotatable bonds is 5. The van der Waals surface area contributed by atoms with Gasteiger partial charge in [-0.1, -0.05) is 35.5 Å². The highest BCUT2D eigenvalue weighted by Crippen LogP contribution is 2.29. The summed E-state index contributed by atoms with van der Waals surface area (Å²) in [6.45, 7) is 0. The van der Waals surface area contributed by atoms with E-state index < -0.39 is 0 Å². The lowest BCUT2D eigenvalue weighted by Crippen LogP contribution is -2.31. The third kappa shape index (κ3) is 3.64. The van der Waals surface area contributed by atoms with E-state index in [-0.39, 0.29) is 11.9 Å². The van der Waals surface area contributed by atoms with Crippen LogP contribution in [0.3, 0.4) is 0 Å². The highest BCUT2D eigenvalue weighted by Gasteiger charge is 2.21. The molecular formula is C19H19N3O2S. The van der Waals surface area contributed by atoms with Crippen molar-refractivity contribution in [3.63, 3.8) is 0 Å². The Hall–Kier alpha value is -2.47. The van der Waals surface area contributed by atoms with Gasteiger partial charge in [0.15, 0.2) is 0 Å². The molecule has 1 aliphatic carbocycles. The lowest BCUT2D eigenvalue weighted by molar-refractivity contribution is -0.122. The molecule has 3 aromatic rings. The number of hydrogen-bond donors (Lipinski definition) is 1. The molecule has 0 saturated heterocycles. The van der Waals surface area contributed by atoms with E-state index in [1.165, 1.54) is 11.1 Å². The van der Waals surface area contributed by atoms with Crippen molar-refractivity contribution in [2.45, 2.75) is 38.1 Å². The molecule has 1 unspecified atom stereocenters. The van der Waals surface area contributed by atoms with E-state index >= 15 is 0 Å². The highest BCUT2D eigenvalue weighted by molar-refractivity contribution is 7.13. The molecule has 5 nitrogen and oxygen atoms in total. The van der Waals surface area contributed by atoms with Gasteiger partial charge in [0.25, 0.3) is 0 Å². The molecule has 0 saturated carbocycles. The van der Waals surface area contributed by atoms with Crippen LogP contribution in [0.1, 0.15) is 42.3 Å². The number of hydrogen-bond acceptors (Lipinski definition) is 5. The van der Waals surface area contributed by atoms with Crippen LogP contribution in [0.5, 0.6) is 0 Å². The van der Waals surface area contributed by atoms with Crippen molar-refractivity contribution in [2.24, 2.45) is 0 Å². The van der Waals surface area contributed by atoms with Gasteiger partial charge in [-0.25, -0.2) is 0 Å². The molecule has 128 valence electrons. The molecule has 0 spiro atoms. The predicted molar refractivity (Wildman–Crippen MR) is 96.2 cm³/mol. The minimum Gasteiger partial charge on any atom is -0.349 e. The Morgan fingerprint density at radius 1 is 1.28 bits per heavy atom. The number of nitrogens with one attached hydrogen (secondary N) is 1. The summed E-state index contributed by atoms with van der Waals surface area (Å²) in [5, 5.41) is 9.10. The number of aryl methyl sites for hydroxylation is 2. The average Bonchev–Trinajstić information content (AvgIpc) is 3.32. The number of carbonyl (C=O) groups excluding carboxylic acids is 1. The number of benzene rings is 1. The van der Waals surface area contributed by atoms with Gasteiger partial charge in [0.05, 0.1) is 10.9 Å². The zero-order valence-corrected chi connectivity index (χ0v) is 14.6. The second kappa shape index (κ2) is 7.19. The SMILES string of the molecule is O=C(CCc1nc(-c2cccs2)no1)NC1CCCc2ccccc21. The number of amides is 1. The maximum Gasteiger partial charge on any atom is 0.227 e. The zero-order chi connectivity index (χ0) is 17.1. The first-order chi connectivity index (χ1) is 12.3. The minimum absolute atomic E-state index is 0.0255. The van der Waals surface area contributed by atoms with Crippen LogP contribution >= 0.6 is 11.3 Å². The van der Waals surface area contributed by atoms with Crippen molar-refractivity contribution >= 4 is 17.2 Å². The third-order valence-corrected chi connectivity index (χ3v) is 5.35. The second-order valence-electron chi connectivity index (χ2n) is 6.20. The van der Waals surface area contributed by atoms with E-state index in [0.717, 1.165) is 24.1 Å². The molecule has 1 aromatic carbocycles. The number of fused-ring (bicyclic) bond motifs is 1. The Bertz CT molecular complexity index is 857. The first kappa shape index (κ1) is 16.0. The van der Waals surface area contributed by atoms with Crippen molar-refractivity contribution in [1.29, 1.82) is 0 Å². The van der Waals surface area contributed by atoms with Crippen LogP contribution in [0, 0.1) is 0 Å². The molecular weight excluding hydrogens is 334 g/mol. The maximum absolute atomic E-state index is 12.3. The fourth-order valence-corrected chi connectivity index (χ4v) is 3.90. The second-order valence-corrected chi connectivity index (χ2v) is 7.15. The first-order valence-corrected chi connectivity index (χ1v) is 9.41. The highest BCUT2D eigenvalue weighted by atomic mass is 32.1. The molecule has 1 aliphatic rings. The van der Waals surface area contributed by atoms with E-state index in [1.807, 2.05) is 23.6 Å². The van der Waals surface area contributed by atoms with Crippen LogP contribution in [0.2, 0.25) is 0 Å². The molecule has 0 radical (unpaired) electrons. The Labute approximate surface area is 150 Å². The summed E-state index contributed by atoms with van der Waals surface area (Å²) in [5.74, 6) is 1.12. The van der Waals surface area contributed by atoms with E-state index in [2.05, 4.69) is 33.7 Å². The Kier molecular flexibility index (Phi) is 4.61. The van der Waals surface area contributed by atoms with E-state index in [0.29, 0.717) is 24.6 Å². The van der Waals surface area contributed by atoms with Crippen LogP contribution in [0.25, 0.3) is 10.7 Å². The van der Waals surface area contributed by atoms with Crippen LogP contribution in [0.15, 0.2) is 46.3 Å². The lowest BCUT2D eigenvalue weighted by Gasteiger charge is -2.26. The van der Waals surface area contributed by atoms with Gasteiger partial charge in [-0.05, 0) is 41.8 Å². The summed E-state index contributed by atoms with van der Waals surface area (Å²) >= 11 is 1.57. The van der Waals surface area contributed by atoms with Gasteiger partial charge >= 0.3 is 0 Å². The van der Waals surface area contributed by atoms with Crippen molar-refractivity contribution in [2.75, 3.05) is 0 Å². The fourth-order valence-electron chi connectivity index (χ4n) is 3.25. The molecule has 6 heteroatoms. The number of carbonyl (C=O) groups is 1. The number of aromatic nitrogens is 2. The largest absolute Gasteiger partial charge is 0.349 e. The van der Waals surface area contributed by atoms with Crippen LogP contribution in [-0.4, -0.2) is 16.0 Å². The van der Waals surface area contributed by atoms with Gasteiger partial charge in [0.2, 0.25) is 17.6 Å². The summed E-state index contributed by atoms with van der Waals surface area (Å²) in [6.07, 6.45) is 4.00. The third-order valence-electron chi connectivity index (χ3n) is 4.48. The van der Waals surface area contributed by atoms with Crippen molar-refractivity contribution in [1.82, 2.24) is 15.5 Å². The van der Waals surface area contributed by atoms with Crippen LogP contribution in [-0.2, 0) is 17.6 Å². The predicted octanol–water partition coefficient (Wildman–Crippen LogP) is 3.92. The standard InChI is InChI=1S/C19H19N3O2S/c23-17(20-15-8-3-6-13-5-1-2-7-14(13)15)10-11-18-21-19(22-24-18)16-9-4-12-25-16/h1-2,4-5,7,9,12,15H,3,6,8,10-11H2,(H,20,23). The van der Waals surface area contributed by atoms with Gasteiger partial charge < -0.3 is 9.84 Å². The molecule has 1 amide bonds. The summed E-state index contributed by atoms with van der Waals surface area (Å²) < 4.78 is 5.25. The number of thiophene rings is 1. The average molecular weight is 353 g/mol. The van der Waals surface area contributed by atoms with Gasteiger partial charge in [0.1, 0.15) is 0 Å². The summed E-state index contributed by atoms with van der Waals surface area (Å²) in [5.41, 5.74) is 2.59. The Balaban J connectivity index is 1.34. The molecule has 25 heavy (non-hydrogen) atoms. The summed E-state index contributed by atoms with van der Waals surface area (Å²) in [7, 11) is 0. The van der Waals surface area contributed by atoms with Gasteiger partial charge in [-0.15, -0.1) is 11.3 Å². The molecule has 0 aliphatic heterocycles. The quantitative estimate of drug-likeness (QED) is 0.755. The van der Waals surface area contributed by atoms with Crippen LogP contribution in [0.4, 0.5) is 0 Å². The monoisotopic (exact) mass is 353 g/mol. The zero-order valence-electron chi connectivity index (χ0n) is 13.8. The number of nitrogens with zero attached hydrogens (tertiary/aromatic N) is 2. The molecule has 0 bridgehead atoms. The van der Waals surface area contributed by atoms with Gasteiger partial charge in [-0.3, -0.25) is 4.79 Å². The first-order valence-electron chi connectivity index (χ1n) is 8.53. The lowest BCUT2D eigenvalue weighted by atomic mass is 9.87. The van der Waals surface area contributed by atoms with Crippen molar-refractivity contribution < 1.29 is 9.32 Å². The molecule has 2 heterocycles. The van der Waals surface area contributed by atoms with E-state index in [9.17, 15) is 4.79 Å². The molecule has 0 fully saturated rings. The van der Waals surface area contributed by atoms with Gasteiger partial charge in [0, 0.05) is 12.8 Å². The van der Waals surface area contributed by atoms with E-state index in [1.54, 1.807) is 11.3 Å². The summed E-state index contributed by atoms with van der Waals surface area (Å²) in [4.78, 5) is 17.7. The topological polar surface area (TPSA) is 68.0 Å². The molecule has 4 rings (SSSR count). The summed E-state index contributed by atoms with van der Waals surface area (Å²) in [6, 6.07) is 12.4. The van der Waals surface area contributed by atoms with Crippen molar-refractivity contribution in [3.05, 3.63) is 58.8 Å². The fraction of sp³-hybridized carbons (Fsp3) is 0.316. The Morgan fingerprint density at radius 3 is 3.08 bits per heavy atom. The maximum atomic E-state index is 12.3. The van der Waals surface area contributed by atoms with Crippen molar-refractivity contribution in [3.8, 4) is 10.7 Å².